The van der Waals surface area contributed by atoms with Crippen LogP contribution in [0.5, 0.6) is 0 Å². The van der Waals surface area contributed by atoms with Crippen molar-refractivity contribution in [2.24, 2.45) is 14.1 Å². The summed E-state index contributed by atoms with van der Waals surface area (Å²) in [6.07, 6.45) is -2.57. The van der Waals surface area contributed by atoms with Crippen molar-refractivity contribution in [3.63, 3.8) is 0 Å². The molecule has 0 radical (unpaired) electrons. The van der Waals surface area contributed by atoms with Crippen LogP contribution in [0.3, 0.4) is 0 Å². The largest absolute Gasteiger partial charge is 0.464 e. The highest BCUT2D eigenvalue weighted by Gasteiger charge is 2.34. The van der Waals surface area contributed by atoms with Gasteiger partial charge in [0.2, 0.25) is 0 Å². The molecular weight excluding hydrogens is 501 g/mol. The Morgan fingerprint density at radius 1 is 1.13 bits per heavy atom. The van der Waals surface area contributed by atoms with E-state index in [9.17, 15) is 18.0 Å². The average molecular weight is 527 g/mol. The predicted octanol–water partition coefficient (Wildman–Crippen LogP) is 4.45. The molecule has 5 rings (SSSR count). The molecule has 0 fully saturated rings. The Bertz CT molecular complexity index is 1660. The summed E-state index contributed by atoms with van der Waals surface area (Å²) < 4.78 is 50.5. The van der Waals surface area contributed by atoms with Crippen LogP contribution in [0.15, 0.2) is 30.6 Å². The van der Waals surface area contributed by atoms with Crippen molar-refractivity contribution in [1.29, 1.82) is 0 Å². The first kappa shape index (κ1) is 25.4. The highest BCUT2D eigenvalue weighted by atomic mass is 19.4. The van der Waals surface area contributed by atoms with Gasteiger partial charge in [0.15, 0.2) is 5.69 Å². The Labute approximate surface area is 215 Å². The Hall–Kier alpha value is -4.29. The summed E-state index contributed by atoms with van der Waals surface area (Å²) in [5, 5.41) is 12.5. The minimum atomic E-state index is -4.40. The summed E-state index contributed by atoms with van der Waals surface area (Å²) in [6, 6.07) is 4.47. The van der Waals surface area contributed by atoms with Crippen molar-refractivity contribution < 1.29 is 22.7 Å². The van der Waals surface area contributed by atoms with E-state index in [-0.39, 0.29) is 12.1 Å². The molecule has 5 aromatic heterocycles. The van der Waals surface area contributed by atoms with Gasteiger partial charge in [0.25, 0.3) is 0 Å². The molecule has 0 saturated heterocycles. The normalized spacial score (nSPS) is 12.9. The molecule has 38 heavy (non-hydrogen) atoms. The van der Waals surface area contributed by atoms with Gasteiger partial charge in [0.1, 0.15) is 16.6 Å². The van der Waals surface area contributed by atoms with Crippen molar-refractivity contribution in [2.45, 2.75) is 38.9 Å². The zero-order valence-electron chi connectivity index (χ0n) is 21.4. The summed E-state index contributed by atoms with van der Waals surface area (Å²) in [7, 11) is 4.63. The number of pyridine rings is 2. The fourth-order valence-electron chi connectivity index (χ4n) is 5.02. The Balaban J connectivity index is 1.90. The summed E-state index contributed by atoms with van der Waals surface area (Å²) in [5.74, 6) is -0.709. The second-order valence-electron chi connectivity index (χ2n) is 9.14. The summed E-state index contributed by atoms with van der Waals surface area (Å²) in [4.78, 5) is 22.0. The number of nitrogens with zero attached hydrogens (tertiary/aromatic N) is 8. The zero-order valence-corrected chi connectivity index (χ0v) is 21.4. The molecular formula is C25H25F3N8O2. The van der Waals surface area contributed by atoms with Crippen molar-refractivity contribution in [3.05, 3.63) is 53.2 Å². The van der Waals surface area contributed by atoms with E-state index in [1.807, 2.05) is 13.0 Å². The lowest BCUT2D eigenvalue weighted by Crippen LogP contribution is -2.18. The number of alkyl halides is 3. The van der Waals surface area contributed by atoms with Crippen LogP contribution >= 0.6 is 0 Å². The van der Waals surface area contributed by atoms with Gasteiger partial charge in [-0.2, -0.15) is 18.3 Å². The third-order valence-electron chi connectivity index (χ3n) is 6.64. The maximum Gasteiger partial charge on any atom is 0.389 e. The van der Waals surface area contributed by atoms with E-state index in [4.69, 9.17) is 4.74 Å². The molecule has 0 aliphatic heterocycles. The molecule has 198 valence electrons. The Morgan fingerprint density at radius 3 is 2.53 bits per heavy atom. The van der Waals surface area contributed by atoms with Crippen LogP contribution in [-0.4, -0.2) is 58.6 Å². The fourth-order valence-corrected chi connectivity index (χ4v) is 5.02. The van der Waals surface area contributed by atoms with Crippen LogP contribution in [0, 0.1) is 13.8 Å². The molecule has 5 heterocycles. The number of fused-ring (bicyclic) bond motifs is 3. The van der Waals surface area contributed by atoms with Crippen LogP contribution in [0.2, 0.25) is 0 Å². The van der Waals surface area contributed by atoms with Gasteiger partial charge in [-0.15, -0.1) is 5.10 Å². The number of hydrogen-bond donors (Lipinski definition) is 0. The molecule has 0 amide bonds. The fraction of sp³-hybridized carbons (Fsp3) is 0.360. The van der Waals surface area contributed by atoms with E-state index >= 15 is 0 Å². The van der Waals surface area contributed by atoms with Crippen LogP contribution in [0.1, 0.15) is 46.3 Å². The zero-order chi connectivity index (χ0) is 27.4. The summed E-state index contributed by atoms with van der Waals surface area (Å²) in [6.45, 7) is 3.61. The molecule has 1 atom stereocenters. The number of esters is 1. The van der Waals surface area contributed by atoms with Gasteiger partial charge in [-0.25, -0.2) is 9.48 Å². The number of methoxy groups -OCH3 is 1. The quantitative estimate of drug-likeness (QED) is 0.301. The highest BCUT2D eigenvalue weighted by Crippen LogP contribution is 2.40. The summed E-state index contributed by atoms with van der Waals surface area (Å²) in [5.41, 5.74) is 5.04. The van der Waals surface area contributed by atoms with E-state index in [0.29, 0.717) is 50.3 Å². The van der Waals surface area contributed by atoms with E-state index < -0.39 is 24.6 Å². The highest BCUT2D eigenvalue weighted by molar-refractivity contribution is 6.11. The smallest absolute Gasteiger partial charge is 0.389 e. The third-order valence-corrected chi connectivity index (χ3v) is 6.64. The number of ether oxygens (including phenoxy) is 1. The monoisotopic (exact) mass is 526 g/mol. The van der Waals surface area contributed by atoms with Gasteiger partial charge in [-0.05, 0) is 38.0 Å². The lowest BCUT2D eigenvalue weighted by Gasteiger charge is -2.23. The second kappa shape index (κ2) is 9.23. The third kappa shape index (κ3) is 4.17. The molecule has 0 saturated carbocycles. The van der Waals surface area contributed by atoms with Gasteiger partial charge in [0, 0.05) is 38.5 Å². The minimum Gasteiger partial charge on any atom is -0.464 e. The molecule has 0 aromatic carbocycles. The number of carbonyl (C=O) groups excluding carboxylic acids is 1. The van der Waals surface area contributed by atoms with Crippen molar-refractivity contribution in [3.8, 4) is 11.3 Å². The number of halogens is 3. The van der Waals surface area contributed by atoms with E-state index in [1.54, 1.807) is 54.8 Å². The molecule has 0 N–H and O–H groups in total. The topological polar surface area (TPSA) is 106 Å². The van der Waals surface area contributed by atoms with Gasteiger partial charge < -0.3 is 9.30 Å². The van der Waals surface area contributed by atoms with Crippen LogP contribution in [0.4, 0.5) is 13.2 Å². The van der Waals surface area contributed by atoms with Gasteiger partial charge in [0.05, 0.1) is 35.8 Å². The molecule has 0 aliphatic carbocycles. The van der Waals surface area contributed by atoms with E-state index in [1.165, 1.54) is 11.8 Å². The lowest BCUT2D eigenvalue weighted by molar-refractivity contribution is -0.136. The Kier molecular flexibility index (Phi) is 6.16. The molecule has 5 aromatic rings. The van der Waals surface area contributed by atoms with Crippen LogP contribution in [-0.2, 0) is 18.8 Å². The van der Waals surface area contributed by atoms with Gasteiger partial charge in [-0.3, -0.25) is 14.6 Å². The van der Waals surface area contributed by atoms with Crippen LogP contribution in [0.25, 0.3) is 33.3 Å². The average Bonchev–Trinajstić information content (AvgIpc) is 3.50. The number of hydrogen-bond acceptors (Lipinski definition) is 7. The molecule has 13 heteroatoms. The lowest BCUT2D eigenvalue weighted by atomic mass is 10.0. The standard InChI is InChI=1S/C25H25F3N8O2/c1-13-7-6-10-29-18(13)16(8-9-25(26,27)28)36-17-11-15(21-14(2)31-33-35(21)4)12-30-19(17)22-23(36)20(24(37)38-5)32-34(22)3/h6-7,10-12,16H,8-9H2,1-5H3. The predicted molar refractivity (Wildman–Crippen MR) is 132 cm³/mol. The number of aryl methyl sites for hydroxylation is 4. The second-order valence-corrected chi connectivity index (χ2v) is 9.14. The maximum absolute atomic E-state index is 13.6. The number of aromatic nitrogens is 8. The summed E-state index contributed by atoms with van der Waals surface area (Å²) >= 11 is 0. The molecule has 0 spiro atoms. The van der Waals surface area contributed by atoms with Crippen molar-refractivity contribution in [1.82, 2.24) is 39.3 Å². The van der Waals surface area contributed by atoms with Crippen molar-refractivity contribution in [2.75, 3.05) is 7.11 Å². The first-order valence-corrected chi connectivity index (χ1v) is 11.8. The first-order valence-electron chi connectivity index (χ1n) is 11.8. The van der Waals surface area contributed by atoms with Gasteiger partial charge >= 0.3 is 12.1 Å². The van der Waals surface area contributed by atoms with E-state index in [2.05, 4.69) is 25.4 Å². The van der Waals surface area contributed by atoms with Gasteiger partial charge in [-0.1, -0.05) is 11.3 Å². The molecule has 0 bridgehead atoms. The minimum absolute atomic E-state index is 0.0199. The molecule has 10 nitrogen and oxygen atoms in total. The maximum atomic E-state index is 13.6. The number of rotatable bonds is 6. The number of carbonyl (C=O) groups is 1. The Morgan fingerprint density at radius 2 is 1.89 bits per heavy atom. The SMILES string of the molecule is COC(=O)c1nn(C)c2c3ncc(-c4c(C)nnn4C)cc3n(C(CCC(F)(F)F)c3ncccc3C)c12. The molecule has 1 unspecified atom stereocenters. The molecule has 0 aliphatic rings. The van der Waals surface area contributed by atoms with Crippen molar-refractivity contribution >= 4 is 28.0 Å². The van der Waals surface area contributed by atoms with E-state index in [0.717, 1.165) is 0 Å². The first-order chi connectivity index (χ1) is 18.0. The van der Waals surface area contributed by atoms with Crippen LogP contribution < -0.4 is 0 Å².